The highest BCUT2D eigenvalue weighted by Crippen LogP contribution is 2.45. The van der Waals surface area contributed by atoms with E-state index < -0.39 is 0 Å². The molecule has 2 aliphatic carbocycles. The molecule has 0 saturated carbocycles. The number of rotatable bonds is 0. The summed E-state index contributed by atoms with van der Waals surface area (Å²) in [7, 11) is 0. The van der Waals surface area contributed by atoms with Gasteiger partial charge in [0.05, 0.1) is 0 Å². The zero-order chi connectivity index (χ0) is 26.8. The van der Waals surface area contributed by atoms with Crippen molar-refractivity contribution in [2.75, 3.05) is 0 Å². The third-order valence-corrected chi connectivity index (χ3v) is 8.85. The molecule has 0 spiro atoms. The van der Waals surface area contributed by atoms with Gasteiger partial charge in [0.15, 0.2) is 0 Å². The molecule has 0 saturated heterocycles. The second-order valence-electron chi connectivity index (χ2n) is 12.6. The maximum absolute atomic E-state index is 6.31. The van der Waals surface area contributed by atoms with Crippen LogP contribution in [-0.2, 0) is 25.7 Å². The molecule has 2 heterocycles. The van der Waals surface area contributed by atoms with Gasteiger partial charge in [-0.3, -0.25) is 0 Å². The normalized spacial score (nSPS) is 19.2. The molecule has 4 aromatic rings. The summed E-state index contributed by atoms with van der Waals surface area (Å²) in [6, 6.07) is 17.4. The lowest BCUT2D eigenvalue weighted by Gasteiger charge is -2.32. The number of aryl methyl sites for hydroxylation is 2. The Hall–Kier alpha value is -3.52. The Morgan fingerprint density at radius 3 is 1.36 bits per heavy atom. The summed E-state index contributed by atoms with van der Waals surface area (Å²) in [5, 5.41) is 5.34. The molecule has 0 aromatic heterocycles. The highest BCUT2D eigenvalue weighted by atomic mass is 16.5. The fourth-order valence-corrected chi connectivity index (χ4v) is 7.03. The minimum atomic E-state index is -0.210. The fraction of sp³-hybridized carbons (Fsp3) is 0.351. The van der Waals surface area contributed by atoms with E-state index in [0.29, 0.717) is 0 Å². The molecule has 0 fully saturated rings. The lowest BCUT2D eigenvalue weighted by Crippen LogP contribution is -2.28. The zero-order valence-corrected chi connectivity index (χ0v) is 23.7. The lowest BCUT2D eigenvalue weighted by atomic mass is 9.82. The first-order valence-electron chi connectivity index (χ1n) is 14.7. The highest BCUT2D eigenvalue weighted by Gasteiger charge is 2.30. The van der Waals surface area contributed by atoms with E-state index in [-0.39, 0.29) is 11.2 Å². The Morgan fingerprint density at radius 1 is 0.487 bits per heavy atom. The molecule has 0 bridgehead atoms. The number of fused-ring (bicyclic) bond motifs is 12. The predicted octanol–water partition coefficient (Wildman–Crippen LogP) is 9.42. The monoisotopic (exact) mass is 514 g/mol. The van der Waals surface area contributed by atoms with E-state index >= 15 is 0 Å². The molecule has 39 heavy (non-hydrogen) atoms. The predicted molar refractivity (Wildman–Crippen MR) is 164 cm³/mol. The van der Waals surface area contributed by atoms with Crippen molar-refractivity contribution in [3.8, 4) is 11.5 Å². The van der Waals surface area contributed by atoms with Crippen molar-refractivity contribution in [3.63, 3.8) is 0 Å². The molecule has 198 valence electrons. The summed E-state index contributed by atoms with van der Waals surface area (Å²) >= 11 is 0. The van der Waals surface area contributed by atoms with Crippen molar-refractivity contribution in [1.29, 1.82) is 0 Å². The minimum absolute atomic E-state index is 0.206. The molecular formula is C37H38O2. The minimum Gasteiger partial charge on any atom is -0.482 e. The maximum Gasteiger partial charge on any atom is 0.135 e. The molecule has 0 radical (unpaired) electrons. The molecule has 4 aromatic carbocycles. The van der Waals surface area contributed by atoms with Crippen LogP contribution in [0.1, 0.15) is 80.3 Å². The second-order valence-corrected chi connectivity index (χ2v) is 12.6. The van der Waals surface area contributed by atoms with E-state index in [2.05, 4.69) is 101 Å². The van der Waals surface area contributed by atoms with Gasteiger partial charge in [-0.2, -0.15) is 0 Å². The van der Waals surface area contributed by atoms with E-state index in [1.54, 1.807) is 11.1 Å². The van der Waals surface area contributed by atoms with Crippen LogP contribution in [0.15, 0.2) is 60.7 Å². The first-order valence-corrected chi connectivity index (χ1v) is 14.7. The Bertz CT molecular complexity index is 1680. The Morgan fingerprint density at radius 2 is 0.872 bits per heavy atom. The molecule has 8 rings (SSSR count). The smallest absolute Gasteiger partial charge is 0.135 e. The second kappa shape index (κ2) is 9.01. The molecule has 0 N–H and O–H groups in total. The molecule has 2 heteroatoms. The standard InChI is InChI=1S/C19H20O.C18H18O/c1-19(2)12-11-17-15-9-4-3-7-13(15)14-8-5-6-10-16(14)18(17)20-19;1-18(2)11-10-16-14-9-5-8-12(14)13-6-3-4-7-15(13)17(16)19-18/h5-6,8,10-12H,3-4,7,9H2,1-2H3;3-4,6-7,10-11H,5,8-9H2,1-2H3. The van der Waals surface area contributed by atoms with Crippen molar-refractivity contribution in [1.82, 2.24) is 0 Å². The summed E-state index contributed by atoms with van der Waals surface area (Å²) < 4.78 is 12.6. The van der Waals surface area contributed by atoms with Crippen molar-refractivity contribution in [3.05, 3.63) is 94.1 Å². The summed E-state index contributed by atoms with van der Waals surface area (Å²) in [4.78, 5) is 0. The van der Waals surface area contributed by atoms with E-state index in [4.69, 9.17) is 9.47 Å². The van der Waals surface area contributed by atoms with Gasteiger partial charge in [-0.1, -0.05) is 60.7 Å². The van der Waals surface area contributed by atoms with Gasteiger partial charge in [-0.05, 0) is 118 Å². The lowest BCUT2D eigenvalue weighted by molar-refractivity contribution is 0.161. The third-order valence-electron chi connectivity index (χ3n) is 8.85. The van der Waals surface area contributed by atoms with Crippen LogP contribution in [0.3, 0.4) is 0 Å². The van der Waals surface area contributed by atoms with E-state index in [0.717, 1.165) is 11.5 Å². The van der Waals surface area contributed by atoms with Crippen LogP contribution in [-0.4, -0.2) is 11.2 Å². The number of hydrogen-bond acceptors (Lipinski definition) is 2. The van der Waals surface area contributed by atoms with Crippen LogP contribution in [0, 0.1) is 0 Å². The highest BCUT2D eigenvalue weighted by molar-refractivity contribution is 5.98. The summed E-state index contributed by atoms with van der Waals surface area (Å²) in [6.07, 6.45) is 17.6. The van der Waals surface area contributed by atoms with Crippen LogP contribution in [0.2, 0.25) is 0 Å². The first kappa shape index (κ1) is 24.5. The van der Waals surface area contributed by atoms with Gasteiger partial charge in [-0.25, -0.2) is 0 Å². The van der Waals surface area contributed by atoms with Crippen LogP contribution >= 0.6 is 0 Å². The molecule has 0 atom stereocenters. The third kappa shape index (κ3) is 4.16. The Kier molecular flexibility index (Phi) is 5.67. The van der Waals surface area contributed by atoms with Gasteiger partial charge in [0.2, 0.25) is 0 Å². The molecule has 0 amide bonds. The Labute approximate surface area is 232 Å². The average molecular weight is 515 g/mol. The summed E-state index contributed by atoms with van der Waals surface area (Å²) in [5.41, 5.74) is 8.38. The topological polar surface area (TPSA) is 18.5 Å². The van der Waals surface area contributed by atoms with Crippen molar-refractivity contribution in [2.45, 2.75) is 83.8 Å². The van der Waals surface area contributed by atoms with Crippen molar-refractivity contribution >= 4 is 33.7 Å². The molecule has 2 nitrogen and oxygen atoms in total. The van der Waals surface area contributed by atoms with Gasteiger partial charge in [-0.15, -0.1) is 0 Å². The van der Waals surface area contributed by atoms with Gasteiger partial charge < -0.3 is 9.47 Å². The molecule has 0 unspecified atom stereocenters. The SMILES string of the molecule is CC1(C)C=Cc2c3c(c4ccccc4c2O1)CCC3.CC1(C)C=Cc2c3c(c4ccccc4c2O1)CCCC3. The Balaban J connectivity index is 0.000000130. The maximum atomic E-state index is 6.31. The van der Waals surface area contributed by atoms with Gasteiger partial charge in [0, 0.05) is 21.9 Å². The van der Waals surface area contributed by atoms with Crippen LogP contribution < -0.4 is 9.47 Å². The first-order chi connectivity index (χ1) is 18.8. The number of benzene rings is 4. The summed E-state index contributed by atoms with van der Waals surface area (Å²) in [6.45, 7) is 8.49. The number of ether oxygens (including phenoxy) is 2. The van der Waals surface area contributed by atoms with Crippen LogP contribution in [0.4, 0.5) is 0 Å². The van der Waals surface area contributed by atoms with Crippen LogP contribution in [0.25, 0.3) is 33.7 Å². The van der Waals surface area contributed by atoms with Crippen LogP contribution in [0.5, 0.6) is 11.5 Å². The van der Waals surface area contributed by atoms with E-state index in [9.17, 15) is 0 Å². The average Bonchev–Trinajstić information content (AvgIpc) is 3.43. The van der Waals surface area contributed by atoms with Crippen molar-refractivity contribution < 1.29 is 9.47 Å². The van der Waals surface area contributed by atoms with Gasteiger partial charge >= 0.3 is 0 Å². The van der Waals surface area contributed by atoms with Gasteiger partial charge in [0.1, 0.15) is 22.7 Å². The van der Waals surface area contributed by atoms with E-state index in [1.807, 2.05) is 0 Å². The quantitative estimate of drug-likeness (QED) is 0.233. The fourth-order valence-electron chi connectivity index (χ4n) is 7.03. The molecule has 4 aliphatic rings. The van der Waals surface area contributed by atoms with Crippen molar-refractivity contribution in [2.24, 2.45) is 0 Å². The van der Waals surface area contributed by atoms with E-state index in [1.165, 1.54) is 88.7 Å². The largest absolute Gasteiger partial charge is 0.482 e. The number of hydrogen-bond donors (Lipinski definition) is 0. The molecular weight excluding hydrogens is 476 g/mol. The molecule has 2 aliphatic heterocycles. The summed E-state index contributed by atoms with van der Waals surface area (Å²) in [5.74, 6) is 2.18. The zero-order valence-electron chi connectivity index (χ0n) is 23.7. The van der Waals surface area contributed by atoms with Gasteiger partial charge in [0.25, 0.3) is 0 Å².